The van der Waals surface area contributed by atoms with Crippen LogP contribution in [0.1, 0.15) is 34.1 Å². The number of phenols is 2. The van der Waals surface area contributed by atoms with E-state index in [2.05, 4.69) is 4.74 Å². The van der Waals surface area contributed by atoms with Gasteiger partial charge in [-0.05, 0) is 55.0 Å². The molecule has 0 heterocycles. The molecule has 0 saturated carbocycles. The molecule has 39 heavy (non-hydrogen) atoms. The van der Waals surface area contributed by atoms with Gasteiger partial charge in [0.1, 0.15) is 11.5 Å². The fraction of sp³-hybridized carbons (Fsp3) is 0.222. The third-order valence-electron chi connectivity index (χ3n) is 2.83. The minimum atomic E-state index is -5.39. The molecule has 0 unspecified atom stereocenters. The van der Waals surface area contributed by atoms with E-state index in [-0.39, 0.29) is 148 Å². The van der Waals surface area contributed by atoms with Gasteiger partial charge in [0, 0.05) is 0 Å². The van der Waals surface area contributed by atoms with Crippen LogP contribution in [0, 0.1) is 0 Å². The summed E-state index contributed by atoms with van der Waals surface area (Å²) in [6.45, 7) is 2.36. The Labute approximate surface area is 320 Å². The van der Waals surface area contributed by atoms with Crippen LogP contribution in [-0.4, -0.2) is 50.5 Å². The van der Waals surface area contributed by atoms with Crippen LogP contribution in [0.2, 0.25) is 0 Å². The smallest absolute Gasteiger partial charge is 1.00 e. The van der Waals surface area contributed by atoms with Crippen molar-refractivity contribution in [1.29, 1.82) is 0 Å². The van der Waals surface area contributed by atoms with Gasteiger partial charge in [-0.3, -0.25) is 0 Å². The van der Waals surface area contributed by atoms with E-state index in [0.717, 1.165) is 6.42 Å². The number of methoxy groups -OCH3 is 1. The molecule has 200 valence electrons. The zero-order valence-electron chi connectivity index (χ0n) is 22.2. The summed E-state index contributed by atoms with van der Waals surface area (Å²) in [6, 6.07) is 11.9. The SMILES string of the molecule is CCCOC(=O)c1ccc(O)cc1.COC(=O)c1ccc(O)cc1.O=P(O)(O)O.O=P([O-])([O-])[O-].[Cl-].[Na+].[Na+].[Na+].[Na+]. The summed E-state index contributed by atoms with van der Waals surface area (Å²) < 4.78 is 26.8. The standard InChI is InChI=1S/C10H12O3.C8H8O3.ClH.4Na.2H3O4P/c1-2-7-13-10(12)8-3-5-9(11)6-4-8;1-11-8(10)6-2-4-7(9)5-3-6;;;;;;2*1-5(2,3)4/h3-6,11H,2,7H2,1H3;2-5,9H,1H3;1H;;;;;2*(H3,1,2,3,4)/q;;;4*+1;;/p-4. The third-order valence-corrected chi connectivity index (χ3v) is 2.83. The Hall–Kier alpha value is 1.49. The Morgan fingerprint density at radius 3 is 1.23 bits per heavy atom. The molecule has 0 radical (unpaired) electrons. The molecule has 0 bridgehead atoms. The van der Waals surface area contributed by atoms with Crippen LogP contribution in [0.25, 0.3) is 0 Å². The largest absolute Gasteiger partial charge is 1.00 e. The van der Waals surface area contributed by atoms with E-state index in [9.17, 15) is 9.59 Å². The Kier molecular flexibility index (Phi) is 44.7. The van der Waals surface area contributed by atoms with Crippen LogP contribution in [0.3, 0.4) is 0 Å². The van der Waals surface area contributed by atoms with Crippen molar-refractivity contribution in [3.63, 3.8) is 0 Å². The maximum atomic E-state index is 11.2. The van der Waals surface area contributed by atoms with Crippen LogP contribution in [0.4, 0.5) is 0 Å². The first-order chi connectivity index (χ1) is 15.5. The first kappa shape index (κ1) is 56.3. The molecule has 14 nitrogen and oxygen atoms in total. The van der Waals surface area contributed by atoms with E-state index in [1.165, 1.54) is 55.6 Å². The van der Waals surface area contributed by atoms with Crippen LogP contribution in [-0.2, 0) is 18.6 Å². The van der Waals surface area contributed by atoms with E-state index in [0.29, 0.717) is 17.7 Å². The number of ether oxygens (including phenoxy) is 2. The van der Waals surface area contributed by atoms with E-state index in [1.807, 2.05) is 6.92 Å². The van der Waals surface area contributed by atoms with Crippen LogP contribution in [0.15, 0.2) is 48.5 Å². The van der Waals surface area contributed by atoms with Gasteiger partial charge in [-0.1, -0.05) is 6.92 Å². The molecule has 0 aliphatic carbocycles. The zero-order chi connectivity index (χ0) is 26.9. The summed E-state index contributed by atoms with van der Waals surface area (Å²) >= 11 is 0. The van der Waals surface area contributed by atoms with Crippen molar-refractivity contribution < 1.29 is 198 Å². The third kappa shape index (κ3) is 44.1. The number of hydrogen-bond acceptors (Lipinski definition) is 11. The summed E-state index contributed by atoms with van der Waals surface area (Å²) in [7, 11) is -8.71. The molecule has 21 heteroatoms. The van der Waals surface area contributed by atoms with Gasteiger partial charge in [0.15, 0.2) is 0 Å². The average molecular weight is 653 g/mol. The Bertz CT molecular complexity index is 936. The molecule has 5 N–H and O–H groups in total. The van der Waals surface area contributed by atoms with Gasteiger partial charge >= 0.3 is 138 Å². The van der Waals surface area contributed by atoms with Crippen molar-refractivity contribution in [2.75, 3.05) is 13.7 Å². The Morgan fingerprint density at radius 2 is 1.00 bits per heavy atom. The van der Waals surface area contributed by atoms with Gasteiger partial charge in [-0.15, -0.1) is 0 Å². The quantitative estimate of drug-likeness (QED) is 0.117. The number of hydrogen-bond donors (Lipinski definition) is 5. The number of rotatable bonds is 4. The molecule has 0 aromatic heterocycles. The van der Waals surface area contributed by atoms with Crippen LogP contribution in [0.5, 0.6) is 11.5 Å². The molecule has 0 aliphatic heterocycles. The number of benzene rings is 2. The van der Waals surface area contributed by atoms with E-state index in [4.69, 9.17) is 53.4 Å². The first-order valence-electron chi connectivity index (χ1n) is 8.82. The number of phosphoric acid groups is 2. The Balaban J connectivity index is -0.0000000722. The maximum absolute atomic E-state index is 11.2. The van der Waals surface area contributed by atoms with Gasteiger partial charge in [0.25, 0.3) is 0 Å². The summed E-state index contributed by atoms with van der Waals surface area (Å²) in [5, 5.41) is 17.8. The zero-order valence-corrected chi connectivity index (χ0v) is 32.8. The van der Waals surface area contributed by atoms with Gasteiger partial charge in [-0.2, -0.15) is 7.82 Å². The second-order valence-corrected chi connectivity index (χ2v) is 7.60. The number of carbonyl (C=O) groups is 2. The fourth-order valence-electron chi connectivity index (χ4n) is 1.59. The van der Waals surface area contributed by atoms with Gasteiger partial charge in [0.2, 0.25) is 0 Å². The molecule has 0 atom stereocenters. The molecule has 0 saturated heterocycles. The number of esters is 2. The van der Waals surface area contributed by atoms with E-state index in [1.54, 1.807) is 0 Å². The average Bonchev–Trinajstić information content (AvgIpc) is 2.70. The minimum absolute atomic E-state index is 0. The molecule has 2 aromatic carbocycles. The first-order valence-corrected chi connectivity index (χ1v) is 11.8. The molecular weight excluding hydrogens is 630 g/mol. The summed E-state index contributed by atoms with van der Waals surface area (Å²) in [6.07, 6.45) is 0.809. The topological polar surface area (TPSA) is 257 Å². The molecule has 0 aliphatic rings. The molecule has 0 spiro atoms. The van der Waals surface area contributed by atoms with E-state index >= 15 is 0 Å². The number of phenolic OH excluding ortho intramolecular Hbond substituents is 2. The van der Waals surface area contributed by atoms with E-state index < -0.39 is 21.6 Å². The predicted octanol–water partition coefficient (Wildman–Crippen LogP) is -15.6. The molecule has 2 rings (SSSR count). The summed E-state index contributed by atoms with van der Waals surface area (Å²) in [5.74, 6) is -0.462. The summed E-state index contributed by atoms with van der Waals surface area (Å²) in [4.78, 5) is 69.2. The predicted molar refractivity (Wildman–Crippen MR) is 110 cm³/mol. The van der Waals surface area contributed by atoms with Crippen molar-refractivity contribution in [2.24, 2.45) is 0 Å². The molecule has 0 amide bonds. The van der Waals surface area contributed by atoms with Crippen molar-refractivity contribution in [3.8, 4) is 11.5 Å². The van der Waals surface area contributed by atoms with Crippen molar-refractivity contribution in [2.45, 2.75) is 13.3 Å². The van der Waals surface area contributed by atoms with Crippen LogP contribution < -0.4 is 145 Å². The molecule has 2 aromatic rings. The maximum Gasteiger partial charge on any atom is 1.00 e. The van der Waals surface area contributed by atoms with Crippen molar-refractivity contribution in [3.05, 3.63) is 59.7 Å². The minimum Gasteiger partial charge on any atom is -1.00 e. The molecule has 0 fully saturated rings. The van der Waals surface area contributed by atoms with Gasteiger partial charge < -0.3 is 66.0 Å². The fourth-order valence-corrected chi connectivity index (χ4v) is 1.59. The monoisotopic (exact) mass is 652 g/mol. The summed E-state index contributed by atoms with van der Waals surface area (Å²) in [5.41, 5.74) is 0.900. The normalized spacial score (nSPS) is 8.82. The number of carbonyl (C=O) groups excluding carboxylic acids is 2. The second-order valence-electron chi connectivity index (χ2n) is 5.68. The van der Waals surface area contributed by atoms with Gasteiger partial charge in [0.05, 0.1) is 24.8 Å². The number of aromatic hydroxyl groups is 2. The van der Waals surface area contributed by atoms with Crippen LogP contribution >= 0.6 is 15.6 Å². The van der Waals surface area contributed by atoms with Crippen molar-refractivity contribution in [1.82, 2.24) is 0 Å². The number of halogens is 1. The van der Waals surface area contributed by atoms with Crippen molar-refractivity contribution >= 4 is 27.6 Å². The Morgan fingerprint density at radius 1 is 0.744 bits per heavy atom. The molecular formula is C18H23ClNa4O14P2. The second kappa shape index (κ2) is 30.9. The van der Waals surface area contributed by atoms with Gasteiger partial charge in [-0.25, -0.2) is 14.2 Å².